The summed E-state index contributed by atoms with van der Waals surface area (Å²) < 4.78 is 0. The molecule has 1 saturated heterocycles. The Kier molecular flexibility index (Phi) is 5.78. The maximum absolute atomic E-state index is 12.7. The zero-order valence-corrected chi connectivity index (χ0v) is 15.7. The van der Waals surface area contributed by atoms with Gasteiger partial charge in [0.2, 0.25) is 5.91 Å². The molecule has 2 N–H and O–H groups in total. The number of para-hydroxylation sites is 1. The number of carbonyl (C=O) groups is 1. The zero-order valence-electron chi connectivity index (χ0n) is 14.1. The lowest BCUT2D eigenvalue weighted by Crippen LogP contribution is -2.31. The van der Waals surface area contributed by atoms with Crippen molar-refractivity contribution in [2.45, 2.75) is 55.1 Å². The summed E-state index contributed by atoms with van der Waals surface area (Å²) in [5, 5.41) is 7.37. The molecule has 0 bridgehead atoms. The first kappa shape index (κ1) is 18.1. The van der Waals surface area contributed by atoms with Gasteiger partial charge in [0.25, 0.3) is 0 Å². The number of anilines is 1. The molecule has 4 rings (SSSR count). The van der Waals surface area contributed by atoms with Crippen LogP contribution < -0.4 is 10.6 Å². The molecule has 2 saturated carbocycles. The molecule has 1 unspecified atom stereocenters. The number of rotatable bonds is 4. The first-order chi connectivity index (χ1) is 11.3. The molecule has 3 nitrogen and oxygen atoms in total. The van der Waals surface area contributed by atoms with E-state index in [4.69, 9.17) is 0 Å². The maximum atomic E-state index is 12.7. The van der Waals surface area contributed by atoms with E-state index in [9.17, 15) is 4.79 Å². The van der Waals surface area contributed by atoms with Crippen LogP contribution in [0.1, 0.15) is 44.9 Å². The summed E-state index contributed by atoms with van der Waals surface area (Å²) in [5.41, 5.74) is 1.33. The second-order valence-corrected chi connectivity index (χ2v) is 8.72. The van der Waals surface area contributed by atoms with Crippen molar-refractivity contribution >= 4 is 35.8 Å². The maximum Gasteiger partial charge on any atom is 0.228 e. The molecule has 3 aliphatic rings. The fourth-order valence-corrected chi connectivity index (χ4v) is 5.61. The number of hydrogen-bond acceptors (Lipinski definition) is 3. The first-order valence-electron chi connectivity index (χ1n) is 9.04. The number of hydrogen-bond donors (Lipinski definition) is 2. The van der Waals surface area contributed by atoms with Crippen LogP contribution in [-0.4, -0.2) is 24.2 Å². The van der Waals surface area contributed by atoms with Crippen molar-refractivity contribution in [3.63, 3.8) is 0 Å². The van der Waals surface area contributed by atoms with E-state index in [2.05, 4.69) is 28.8 Å². The molecule has 132 valence electrons. The number of thioether (sulfide) groups is 1. The van der Waals surface area contributed by atoms with Gasteiger partial charge in [-0.1, -0.05) is 25.0 Å². The zero-order chi connectivity index (χ0) is 15.7. The van der Waals surface area contributed by atoms with Gasteiger partial charge in [0.05, 0.1) is 5.69 Å². The van der Waals surface area contributed by atoms with E-state index in [1.807, 2.05) is 17.8 Å². The lowest BCUT2D eigenvalue weighted by molar-refractivity contribution is -0.118. The summed E-state index contributed by atoms with van der Waals surface area (Å²) in [7, 11) is 0. The Balaban J connectivity index is 0.00000169. The smallest absolute Gasteiger partial charge is 0.228 e. The van der Waals surface area contributed by atoms with Gasteiger partial charge in [0.1, 0.15) is 0 Å². The lowest BCUT2D eigenvalue weighted by atomic mass is 9.92. The Hall–Kier alpha value is -0.710. The molecule has 2 aliphatic carbocycles. The molecule has 1 amide bonds. The van der Waals surface area contributed by atoms with Gasteiger partial charge >= 0.3 is 0 Å². The molecular weight excluding hydrogens is 340 g/mol. The van der Waals surface area contributed by atoms with E-state index in [0.717, 1.165) is 43.3 Å². The minimum atomic E-state index is 0. The Morgan fingerprint density at radius 1 is 1.17 bits per heavy atom. The number of piperidine rings is 1. The standard InChI is InChI=1S/C19H26N2OS.ClH/c22-18(15-13-19(15)9-11-20-12-10-19)21-16-7-3-4-8-17(16)23-14-5-1-2-6-14;/h3-4,7-8,14-15,20H,1-2,5-6,9-13H2,(H,21,22);1H. The SMILES string of the molecule is Cl.O=C(Nc1ccccc1SC1CCCC1)C1CC12CCNCC2. The van der Waals surface area contributed by atoms with Crippen LogP contribution in [-0.2, 0) is 4.79 Å². The van der Waals surface area contributed by atoms with Crippen molar-refractivity contribution in [2.24, 2.45) is 11.3 Å². The van der Waals surface area contributed by atoms with Gasteiger partial charge in [-0.2, -0.15) is 0 Å². The average Bonchev–Trinajstić information content (AvgIpc) is 3.02. The van der Waals surface area contributed by atoms with Crippen molar-refractivity contribution in [3.8, 4) is 0 Å². The first-order valence-corrected chi connectivity index (χ1v) is 9.92. The Bertz CT molecular complexity index is 582. The van der Waals surface area contributed by atoms with Crippen molar-refractivity contribution < 1.29 is 4.79 Å². The van der Waals surface area contributed by atoms with Crippen molar-refractivity contribution in [3.05, 3.63) is 24.3 Å². The molecule has 1 aliphatic heterocycles. The Morgan fingerprint density at radius 3 is 2.62 bits per heavy atom. The highest BCUT2D eigenvalue weighted by Crippen LogP contribution is 2.58. The van der Waals surface area contributed by atoms with Gasteiger partial charge in [-0.15, -0.1) is 24.2 Å². The molecule has 1 spiro atoms. The minimum Gasteiger partial charge on any atom is -0.325 e. The molecular formula is C19H27ClN2OS. The van der Waals surface area contributed by atoms with Crippen LogP contribution in [0.25, 0.3) is 0 Å². The van der Waals surface area contributed by atoms with Crippen molar-refractivity contribution in [1.29, 1.82) is 0 Å². The van der Waals surface area contributed by atoms with Gasteiger partial charge in [-0.3, -0.25) is 4.79 Å². The third kappa shape index (κ3) is 3.76. The molecule has 24 heavy (non-hydrogen) atoms. The number of nitrogens with one attached hydrogen (secondary N) is 2. The minimum absolute atomic E-state index is 0. The summed E-state index contributed by atoms with van der Waals surface area (Å²) >= 11 is 1.95. The molecule has 0 radical (unpaired) electrons. The molecule has 1 aromatic rings. The second kappa shape index (κ2) is 7.67. The van der Waals surface area contributed by atoms with E-state index in [-0.39, 0.29) is 24.2 Å². The van der Waals surface area contributed by atoms with Gasteiger partial charge in [-0.25, -0.2) is 0 Å². The Labute approximate surface area is 155 Å². The predicted molar refractivity (Wildman–Crippen MR) is 103 cm³/mol. The van der Waals surface area contributed by atoms with E-state index in [0.29, 0.717) is 5.41 Å². The summed E-state index contributed by atoms with van der Waals surface area (Å²) in [6.07, 6.45) is 8.72. The van der Waals surface area contributed by atoms with Crippen LogP contribution >= 0.6 is 24.2 Å². The topological polar surface area (TPSA) is 41.1 Å². The third-order valence-corrected chi connectivity index (χ3v) is 7.26. The average molecular weight is 367 g/mol. The van der Waals surface area contributed by atoms with Gasteiger partial charge in [-0.05, 0) is 62.7 Å². The number of benzene rings is 1. The number of amides is 1. The summed E-state index contributed by atoms with van der Waals surface area (Å²) in [6, 6.07) is 8.33. The van der Waals surface area contributed by atoms with E-state index >= 15 is 0 Å². The lowest BCUT2D eigenvalue weighted by Gasteiger charge is -2.23. The van der Waals surface area contributed by atoms with Crippen molar-refractivity contribution in [1.82, 2.24) is 5.32 Å². The molecule has 1 heterocycles. The summed E-state index contributed by atoms with van der Waals surface area (Å²) in [5.74, 6) is 0.473. The fraction of sp³-hybridized carbons (Fsp3) is 0.632. The predicted octanol–water partition coefficient (Wildman–Crippen LogP) is 4.47. The van der Waals surface area contributed by atoms with Crippen LogP contribution in [0, 0.1) is 11.3 Å². The second-order valence-electron chi connectivity index (χ2n) is 7.38. The van der Waals surface area contributed by atoms with Gasteiger partial charge in [0, 0.05) is 16.1 Å². The molecule has 0 aromatic heterocycles. The normalized spacial score (nSPS) is 25.2. The van der Waals surface area contributed by atoms with Gasteiger partial charge < -0.3 is 10.6 Å². The highest BCUT2D eigenvalue weighted by Gasteiger charge is 2.57. The quantitative estimate of drug-likeness (QED) is 0.825. The van der Waals surface area contributed by atoms with Crippen LogP contribution in [0.3, 0.4) is 0 Å². The van der Waals surface area contributed by atoms with E-state index in [1.165, 1.54) is 30.6 Å². The van der Waals surface area contributed by atoms with Crippen LogP contribution in [0.5, 0.6) is 0 Å². The Morgan fingerprint density at radius 2 is 1.88 bits per heavy atom. The molecule has 5 heteroatoms. The van der Waals surface area contributed by atoms with Gasteiger partial charge in [0.15, 0.2) is 0 Å². The monoisotopic (exact) mass is 366 g/mol. The van der Waals surface area contributed by atoms with Crippen molar-refractivity contribution in [2.75, 3.05) is 18.4 Å². The third-order valence-electron chi connectivity index (χ3n) is 5.85. The van der Waals surface area contributed by atoms with E-state index < -0.39 is 0 Å². The number of halogens is 1. The summed E-state index contributed by atoms with van der Waals surface area (Å²) in [6.45, 7) is 2.13. The highest BCUT2D eigenvalue weighted by atomic mass is 35.5. The fourth-order valence-electron chi connectivity index (χ4n) is 4.27. The van der Waals surface area contributed by atoms with Crippen LogP contribution in [0.4, 0.5) is 5.69 Å². The highest BCUT2D eigenvalue weighted by molar-refractivity contribution is 8.00. The largest absolute Gasteiger partial charge is 0.325 e. The van der Waals surface area contributed by atoms with Crippen LogP contribution in [0.2, 0.25) is 0 Å². The van der Waals surface area contributed by atoms with E-state index in [1.54, 1.807) is 0 Å². The molecule has 1 atom stereocenters. The summed E-state index contributed by atoms with van der Waals surface area (Å²) in [4.78, 5) is 13.9. The van der Waals surface area contributed by atoms with Crippen LogP contribution in [0.15, 0.2) is 29.2 Å². The molecule has 3 fully saturated rings. The number of carbonyl (C=O) groups excluding carboxylic acids is 1. The molecule has 1 aromatic carbocycles.